The third-order valence-corrected chi connectivity index (χ3v) is 2.37. The van der Waals surface area contributed by atoms with Gasteiger partial charge in [-0.05, 0) is 13.8 Å². The summed E-state index contributed by atoms with van der Waals surface area (Å²) in [6.45, 7) is 4.94. The van der Waals surface area contributed by atoms with E-state index in [1.54, 1.807) is 12.4 Å². The Bertz CT molecular complexity index is 299. The van der Waals surface area contributed by atoms with Crippen molar-refractivity contribution < 1.29 is 4.74 Å². The smallest absolute Gasteiger partial charge is 0.156 e. The molecule has 76 valence electrons. The zero-order chi connectivity index (χ0) is 9.97. The normalized spacial score (nSPS) is 26.4. The molecule has 1 N–H and O–H groups in total. The average molecular weight is 193 g/mol. The first-order valence-corrected chi connectivity index (χ1v) is 4.93. The van der Waals surface area contributed by atoms with Crippen molar-refractivity contribution in [2.45, 2.75) is 32.4 Å². The lowest BCUT2D eigenvalue weighted by Crippen LogP contribution is -2.20. The highest BCUT2D eigenvalue weighted by molar-refractivity contribution is 5.12. The van der Waals surface area contributed by atoms with E-state index in [9.17, 15) is 0 Å². The van der Waals surface area contributed by atoms with E-state index in [1.807, 2.05) is 6.92 Å². The number of aryl methyl sites for hydroxylation is 1. The molecule has 2 heterocycles. The number of ether oxygens (including phenoxy) is 1. The highest BCUT2D eigenvalue weighted by Crippen LogP contribution is 2.14. The molecule has 4 nitrogen and oxygen atoms in total. The molecule has 0 spiro atoms. The number of nitrogens with one attached hydrogen (secondary N) is 1. The maximum atomic E-state index is 5.71. The second-order valence-electron chi connectivity index (χ2n) is 3.75. The van der Waals surface area contributed by atoms with Crippen LogP contribution in [0.5, 0.6) is 5.75 Å². The molecule has 1 saturated heterocycles. The minimum Gasteiger partial charge on any atom is -0.486 e. The fourth-order valence-corrected chi connectivity index (χ4v) is 1.62. The van der Waals surface area contributed by atoms with Crippen LogP contribution in [0.15, 0.2) is 12.4 Å². The van der Waals surface area contributed by atoms with E-state index in [2.05, 4.69) is 22.2 Å². The van der Waals surface area contributed by atoms with Crippen molar-refractivity contribution in [1.82, 2.24) is 15.3 Å². The standard InChI is InChI=1S/C10H15N3O/c1-7-3-9(4-11-7)14-10-5-12-8(2)13-6-10/h5-7,9,11H,3-4H2,1-2H3/t7-,9+/m0/s1. The fourth-order valence-electron chi connectivity index (χ4n) is 1.62. The molecule has 1 aromatic heterocycles. The molecule has 0 aliphatic carbocycles. The van der Waals surface area contributed by atoms with Crippen molar-refractivity contribution in [3.05, 3.63) is 18.2 Å². The van der Waals surface area contributed by atoms with E-state index < -0.39 is 0 Å². The molecular formula is C10H15N3O. The summed E-state index contributed by atoms with van der Waals surface area (Å²) in [6, 6.07) is 0.548. The fraction of sp³-hybridized carbons (Fsp3) is 0.600. The molecule has 2 atom stereocenters. The molecule has 14 heavy (non-hydrogen) atoms. The van der Waals surface area contributed by atoms with Crippen molar-refractivity contribution in [1.29, 1.82) is 0 Å². The summed E-state index contributed by atoms with van der Waals surface area (Å²) in [6.07, 6.45) is 4.76. The summed E-state index contributed by atoms with van der Waals surface area (Å²) >= 11 is 0. The SMILES string of the molecule is Cc1ncc(O[C@H]2CN[C@@H](C)C2)cn1. The van der Waals surface area contributed by atoms with Gasteiger partial charge in [0.2, 0.25) is 0 Å². The molecule has 0 aromatic carbocycles. The van der Waals surface area contributed by atoms with Gasteiger partial charge in [0, 0.05) is 19.0 Å². The predicted molar refractivity (Wildman–Crippen MR) is 53.3 cm³/mol. The van der Waals surface area contributed by atoms with Gasteiger partial charge in [0.15, 0.2) is 5.75 Å². The second-order valence-corrected chi connectivity index (χ2v) is 3.75. The van der Waals surface area contributed by atoms with E-state index in [0.29, 0.717) is 6.04 Å². The van der Waals surface area contributed by atoms with Crippen molar-refractivity contribution in [2.75, 3.05) is 6.54 Å². The van der Waals surface area contributed by atoms with E-state index >= 15 is 0 Å². The van der Waals surface area contributed by atoms with Gasteiger partial charge in [-0.2, -0.15) is 0 Å². The highest BCUT2D eigenvalue weighted by atomic mass is 16.5. The van der Waals surface area contributed by atoms with Crippen molar-refractivity contribution in [3.8, 4) is 5.75 Å². The van der Waals surface area contributed by atoms with Crippen LogP contribution in [0, 0.1) is 6.92 Å². The van der Waals surface area contributed by atoms with Gasteiger partial charge in [-0.3, -0.25) is 0 Å². The van der Waals surface area contributed by atoms with Gasteiger partial charge in [0.1, 0.15) is 11.9 Å². The van der Waals surface area contributed by atoms with Crippen LogP contribution >= 0.6 is 0 Å². The average Bonchev–Trinajstić information content (AvgIpc) is 2.56. The number of nitrogens with zero attached hydrogens (tertiary/aromatic N) is 2. The van der Waals surface area contributed by atoms with Gasteiger partial charge >= 0.3 is 0 Å². The molecule has 0 saturated carbocycles. The summed E-state index contributed by atoms with van der Waals surface area (Å²) in [5, 5.41) is 3.34. The zero-order valence-electron chi connectivity index (χ0n) is 8.53. The minimum absolute atomic E-state index is 0.260. The Morgan fingerprint density at radius 1 is 1.43 bits per heavy atom. The summed E-state index contributed by atoms with van der Waals surface area (Å²) in [5.74, 6) is 1.53. The first kappa shape index (κ1) is 9.40. The van der Waals surface area contributed by atoms with Crippen molar-refractivity contribution in [2.24, 2.45) is 0 Å². The first-order valence-electron chi connectivity index (χ1n) is 4.93. The number of aromatic nitrogens is 2. The predicted octanol–water partition coefficient (Wildman–Crippen LogP) is 0.914. The third kappa shape index (κ3) is 2.20. The van der Waals surface area contributed by atoms with Gasteiger partial charge in [0.25, 0.3) is 0 Å². The van der Waals surface area contributed by atoms with E-state index in [0.717, 1.165) is 24.5 Å². The topological polar surface area (TPSA) is 47.0 Å². The summed E-state index contributed by atoms with van der Waals surface area (Å²) < 4.78 is 5.71. The largest absolute Gasteiger partial charge is 0.486 e. The van der Waals surface area contributed by atoms with Gasteiger partial charge in [-0.1, -0.05) is 0 Å². The van der Waals surface area contributed by atoms with Crippen LogP contribution in [-0.2, 0) is 0 Å². The van der Waals surface area contributed by atoms with Crippen molar-refractivity contribution in [3.63, 3.8) is 0 Å². The molecule has 0 radical (unpaired) electrons. The van der Waals surface area contributed by atoms with E-state index in [1.165, 1.54) is 0 Å². The van der Waals surface area contributed by atoms with Gasteiger partial charge in [0.05, 0.1) is 12.4 Å². The molecule has 0 amide bonds. The van der Waals surface area contributed by atoms with Crippen LogP contribution in [0.1, 0.15) is 19.2 Å². The Morgan fingerprint density at radius 2 is 2.14 bits per heavy atom. The quantitative estimate of drug-likeness (QED) is 0.758. The maximum Gasteiger partial charge on any atom is 0.156 e. The van der Waals surface area contributed by atoms with Gasteiger partial charge < -0.3 is 10.1 Å². The first-order chi connectivity index (χ1) is 6.74. The lowest BCUT2D eigenvalue weighted by atomic mass is 10.2. The lowest BCUT2D eigenvalue weighted by Gasteiger charge is -2.11. The van der Waals surface area contributed by atoms with Crippen LogP contribution < -0.4 is 10.1 Å². The van der Waals surface area contributed by atoms with Gasteiger partial charge in [-0.25, -0.2) is 9.97 Å². The summed E-state index contributed by atoms with van der Waals surface area (Å²) in [5.41, 5.74) is 0. The van der Waals surface area contributed by atoms with Crippen LogP contribution in [0.2, 0.25) is 0 Å². The molecule has 2 rings (SSSR count). The molecule has 1 fully saturated rings. The molecule has 1 aromatic rings. The summed E-state index contributed by atoms with van der Waals surface area (Å²) in [7, 11) is 0. The Hall–Kier alpha value is -1.16. The van der Waals surface area contributed by atoms with Crippen LogP contribution in [0.3, 0.4) is 0 Å². The third-order valence-electron chi connectivity index (χ3n) is 2.37. The molecular weight excluding hydrogens is 178 g/mol. The van der Waals surface area contributed by atoms with E-state index in [-0.39, 0.29) is 6.10 Å². The minimum atomic E-state index is 0.260. The maximum absolute atomic E-state index is 5.71. The lowest BCUT2D eigenvalue weighted by molar-refractivity contribution is 0.218. The van der Waals surface area contributed by atoms with Crippen molar-refractivity contribution >= 4 is 0 Å². The molecule has 1 aliphatic heterocycles. The van der Waals surface area contributed by atoms with Crippen LogP contribution in [-0.4, -0.2) is 28.7 Å². The molecule has 4 heteroatoms. The number of hydrogen-bond donors (Lipinski definition) is 1. The van der Waals surface area contributed by atoms with Crippen LogP contribution in [0.4, 0.5) is 0 Å². The highest BCUT2D eigenvalue weighted by Gasteiger charge is 2.21. The second kappa shape index (κ2) is 3.92. The monoisotopic (exact) mass is 193 g/mol. The molecule has 0 bridgehead atoms. The van der Waals surface area contributed by atoms with E-state index in [4.69, 9.17) is 4.74 Å². The number of hydrogen-bond acceptors (Lipinski definition) is 4. The van der Waals surface area contributed by atoms with Crippen LogP contribution in [0.25, 0.3) is 0 Å². The Labute approximate surface area is 83.7 Å². The molecule has 1 aliphatic rings. The molecule has 0 unspecified atom stereocenters. The zero-order valence-corrected chi connectivity index (χ0v) is 8.53. The summed E-state index contributed by atoms with van der Waals surface area (Å²) in [4.78, 5) is 8.17. The number of rotatable bonds is 2. The Kier molecular flexibility index (Phi) is 2.63. The Balaban J connectivity index is 1.94. The Morgan fingerprint density at radius 3 is 2.71 bits per heavy atom. The van der Waals surface area contributed by atoms with Gasteiger partial charge in [-0.15, -0.1) is 0 Å².